The van der Waals surface area contributed by atoms with Crippen LogP contribution in [-0.2, 0) is 20.5 Å². The number of rotatable bonds is 2. The van der Waals surface area contributed by atoms with Crippen LogP contribution >= 0.6 is 0 Å². The Morgan fingerprint density at radius 3 is 2.50 bits per heavy atom. The van der Waals surface area contributed by atoms with Crippen LogP contribution in [0, 0.1) is 6.92 Å². The van der Waals surface area contributed by atoms with E-state index in [9.17, 15) is 0 Å². The Kier molecular flexibility index (Phi) is 3.21. The van der Waals surface area contributed by atoms with E-state index in [1.807, 2.05) is 6.07 Å². The van der Waals surface area contributed by atoms with E-state index in [2.05, 4.69) is 87.7 Å². The molecule has 0 unspecified atom stereocenters. The molecule has 0 radical (unpaired) electrons. The third-order valence-corrected chi connectivity index (χ3v) is 6.67. The number of hydrogen-bond acceptors (Lipinski definition) is 2. The molecule has 0 amide bonds. The quantitative estimate of drug-likeness (QED) is 0.460. The van der Waals surface area contributed by atoms with Gasteiger partial charge in [0.05, 0.1) is 22.4 Å². The third-order valence-electron chi connectivity index (χ3n) is 6.67. The van der Waals surface area contributed by atoms with E-state index in [0.717, 1.165) is 62.3 Å². The van der Waals surface area contributed by atoms with Crippen LogP contribution in [0.5, 0.6) is 0 Å². The van der Waals surface area contributed by atoms with Crippen LogP contribution in [0.4, 0.5) is 11.4 Å². The highest BCUT2D eigenvalue weighted by molar-refractivity contribution is 5.97. The lowest BCUT2D eigenvalue weighted by atomic mass is 10.1. The van der Waals surface area contributed by atoms with Crippen molar-refractivity contribution in [3.63, 3.8) is 0 Å². The molecule has 0 aliphatic rings. The first kappa shape index (κ1) is 17.1. The van der Waals surface area contributed by atoms with Crippen LogP contribution < -0.4 is 11.5 Å². The fourth-order valence-corrected chi connectivity index (χ4v) is 4.90. The van der Waals surface area contributed by atoms with Gasteiger partial charge in [-0.25, -0.2) is 0 Å². The van der Waals surface area contributed by atoms with E-state index in [0.29, 0.717) is 0 Å². The van der Waals surface area contributed by atoms with Crippen molar-refractivity contribution in [2.75, 3.05) is 11.5 Å². The minimum Gasteiger partial charge on any atom is -0.397 e. The number of hydrogen-bond donors (Lipinski definition) is 2. The van der Waals surface area contributed by atoms with E-state index in [1.165, 1.54) is 5.56 Å². The van der Waals surface area contributed by atoms with Gasteiger partial charge in [-0.15, -0.1) is 0 Å². The number of aryl methyl sites for hydroxylation is 2. The lowest BCUT2D eigenvalue weighted by Crippen LogP contribution is -2.02. The van der Waals surface area contributed by atoms with Crippen molar-refractivity contribution in [1.29, 1.82) is 0 Å². The summed E-state index contributed by atoms with van der Waals surface area (Å²) >= 11 is 0. The summed E-state index contributed by atoms with van der Waals surface area (Å²) in [5, 5.41) is 1.10. The van der Waals surface area contributed by atoms with E-state index in [4.69, 9.17) is 11.5 Å². The predicted octanol–water partition coefficient (Wildman–Crippen LogP) is 4.24. The average Bonchev–Trinajstić information content (AvgIpc) is 3.43. The van der Waals surface area contributed by atoms with Gasteiger partial charge >= 0.3 is 0 Å². The molecule has 0 saturated carbocycles. The number of nitrogen functional groups attached to an aromatic ring is 2. The molecule has 0 spiro atoms. The Morgan fingerprint density at radius 2 is 1.67 bits per heavy atom. The Morgan fingerprint density at radius 1 is 0.833 bits per heavy atom. The number of aromatic nitrogens is 4. The van der Waals surface area contributed by atoms with E-state index < -0.39 is 0 Å². The topological polar surface area (TPSA) is 70.7 Å². The van der Waals surface area contributed by atoms with Crippen molar-refractivity contribution in [3.8, 4) is 0 Å². The summed E-state index contributed by atoms with van der Waals surface area (Å²) in [7, 11) is 4.16. The number of nitrogens with two attached hydrogens (primary N) is 2. The first-order valence-corrected chi connectivity index (χ1v) is 10.1. The smallest absolute Gasteiger partial charge is 0.126 e. The summed E-state index contributed by atoms with van der Waals surface area (Å²) in [5.41, 5.74) is 23.8. The zero-order chi connectivity index (χ0) is 20.7. The molecule has 6 rings (SSSR count). The maximum atomic E-state index is 6.65. The van der Waals surface area contributed by atoms with Crippen LogP contribution in [0.25, 0.3) is 33.1 Å². The van der Waals surface area contributed by atoms with Crippen molar-refractivity contribution >= 4 is 44.5 Å². The SMILES string of the molecule is Cc1c(N)c2cc3cc(Cc4c(N)c5c(cc6ccccn65)n4C)ccn3c2n1C. The summed E-state index contributed by atoms with van der Waals surface area (Å²) in [5.74, 6) is 0. The largest absolute Gasteiger partial charge is 0.397 e. The molecule has 0 aromatic carbocycles. The van der Waals surface area contributed by atoms with Gasteiger partial charge in [0.2, 0.25) is 0 Å². The molecule has 0 fully saturated rings. The lowest BCUT2D eigenvalue weighted by Gasteiger charge is -2.08. The van der Waals surface area contributed by atoms with Crippen molar-refractivity contribution < 1.29 is 0 Å². The second kappa shape index (κ2) is 5.63. The molecule has 0 saturated heterocycles. The highest BCUT2D eigenvalue weighted by atomic mass is 15.1. The molecule has 0 aliphatic carbocycles. The fourth-order valence-electron chi connectivity index (χ4n) is 4.90. The Labute approximate surface area is 173 Å². The minimum absolute atomic E-state index is 0.776. The van der Waals surface area contributed by atoms with Crippen LogP contribution in [0.1, 0.15) is 17.0 Å². The second-order valence-corrected chi connectivity index (χ2v) is 8.24. The molecule has 6 heterocycles. The minimum atomic E-state index is 0.776. The predicted molar refractivity (Wildman–Crippen MR) is 124 cm³/mol. The van der Waals surface area contributed by atoms with Gasteiger partial charge in [-0.3, -0.25) is 0 Å². The zero-order valence-corrected chi connectivity index (χ0v) is 17.3. The van der Waals surface area contributed by atoms with E-state index in [-0.39, 0.29) is 0 Å². The summed E-state index contributed by atoms with van der Waals surface area (Å²) in [6.45, 7) is 2.06. The molecular weight excluding hydrogens is 372 g/mol. The van der Waals surface area contributed by atoms with Crippen LogP contribution in [0.2, 0.25) is 0 Å². The van der Waals surface area contributed by atoms with Crippen LogP contribution in [-0.4, -0.2) is 17.9 Å². The normalized spacial score (nSPS) is 12.2. The van der Waals surface area contributed by atoms with Gasteiger partial charge in [-0.2, -0.15) is 0 Å². The Hall–Kier alpha value is -3.80. The molecule has 6 aromatic rings. The van der Waals surface area contributed by atoms with Crippen LogP contribution in [0.3, 0.4) is 0 Å². The van der Waals surface area contributed by atoms with Gasteiger partial charge in [0, 0.05) is 60.7 Å². The van der Waals surface area contributed by atoms with Crippen molar-refractivity contribution in [2.24, 2.45) is 14.1 Å². The molecule has 0 atom stereocenters. The van der Waals surface area contributed by atoms with E-state index in [1.54, 1.807) is 0 Å². The van der Waals surface area contributed by atoms with Crippen molar-refractivity contribution in [2.45, 2.75) is 13.3 Å². The van der Waals surface area contributed by atoms with Gasteiger partial charge < -0.3 is 29.4 Å². The van der Waals surface area contributed by atoms with E-state index >= 15 is 0 Å². The highest BCUT2D eigenvalue weighted by Gasteiger charge is 2.18. The number of pyridine rings is 2. The molecule has 6 aromatic heterocycles. The maximum absolute atomic E-state index is 6.65. The summed E-state index contributed by atoms with van der Waals surface area (Å²) in [6, 6.07) is 15.0. The zero-order valence-electron chi connectivity index (χ0n) is 17.3. The average molecular weight is 396 g/mol. The molecule has 150 valence electrons. The van der Waals surface area contributed by atoms with Gasteiger partial charge in [-0.1, -0.05) is 6.07 Å². The second-order valence-electron chi connectivity index (χ2n) is 8.24. The standard InChI is InChI=1S/C24H24N6/c1-14-21(25)18-12-17-10-15(7-9-30(17)24(18)27(14)2)11-19-22(26)23-20(28(19)3)13-16-6-4-5-8-29(16)23/h4-10,12-13H,11,25-26H2,1-3H3. The van der Waals surface area contributed by atoms with Crippen molar-refractivity contribution in [3.05, 3.63) is 71.8 Å². The number of nitrogens with zero attached hydrogens (tertiary/aromatic N) is 4. The molecule has 30 heavy (non-hydrogen) atoms. The molecule has 0 bridgehead atoms. The molecule has 4 N–H and O–H groups in total. The molecule has 6 nitrogen and oxygen atoms in total. The van der Waals surface area contributed by atoms with Gasteiger partial charge in [0.1, 0.15) is 5.65 Å². The van der Waals surface area contributed by atoms with Gasteiger partial charge in [-0.05, 0) is 48.9 Å². The van der Waals surface area contributed by atoms with Crippen molar-refractivity contribution in [1.82, 2.24) is 17.9 Å². The monoisotopic (exact) mass is 396 g/mol. The summed E-state index contributed by atoms with van der Waals surface area (Å²) in [6.07, 6.45) is 4.98. The third kappa shape index (κ3) is 2.03. The molecule has 6 heteroatoms. The summed E-state index contributed by atoms with van der Waals surface area (Å²) < 4.78 is 8.75. The number of fused-ring (bicyclic) bond motifs is 6. The van der Waals surface area contributed by atoms with Gasteiger partial charge in [0.25, 0.3) is 0 Å². The summed E-state index contributed by atoms with van der Waals surface area (Å²) in [4.78, 5) is 0. The first-order chi connectivity index (χ1) is 14.5. The number of anilines is 2. The maximum Gasteiger partial charge on any atom is 0.126 e. The van der Waals surface area contributed by atoms with Gasteiger partial charge in [0.15, 0.2) is 0 Å². The Balaban J connectivity index is 1.49. The fraction of sp³-hybridized carbons (Fsp3) is 0.167. The molecular formula is C24H24N6. The first-order valence-electron chi connectivity index (χ1n) is 10.1. The highest BCUT2D eigenvalue weighted by Crippen LogP contribution is 2.34. The van der Waals surface area contributed by atoms with Crippen LogP contribution in [0.15, 0.2) is 54.9 Å². The lowest BCUT2D eigenvalue weighted by molar-refractivity contribution is 0.880. The Bertz CT molecular complexity index is 1620. The molecule has 0 aliphatic heterocycles.